The average molecular weight is 337 g/mol. The van der Waals surface area contributed by atoms with Crippen LogP contribution in [0.5, 0.6) is 5.75 Å². The minimum atomic E-state index is -0.249. The van der Waals surface area contributed by atoms with Crippen LogP contribution in [-0.2, 0) is 0 Å². The van der Waals surface area contributed by atoms with Crippen LogP contribution in [0.15, 0.2) is 18.2 Å². The van der Waals surface area contributed by atoms with Gasteiger partial charge in [0, 0.05) is 32.2 Å². The summed E-state index contributed by atoms with van der Waals surface area (Å²) in [6.07, 6.45) is 2.53. The Hall–Kier alpha value is -0.550. The molecule has 3 nitrogen and oxygen atoms in total. The summed E-state index contributed by atoms with van der Waals surface area (Å²) in [6, 6.07) is 5.81. The normalized spacial score (nSPS) is 20.1. The SMILES string of the molecule is COc1ccc([C@H](C2CC2)N2CCNCC2)cc1F.Cl.Cl. The molecule has 0 bridgehead atoms. The lowest BCUT2D eigenvalue weighted by Gasteiger charge is -2.35. The third-order valence-corrected chi connectivity index (χ3v) is 4.13. The van der Waals surface area contributed by atoms with Gasteiger partial charge in [-0.3, -0.25) is 4.90 Å². The third kappa shape index (κ3) is 4.22. The van der Waals surface area contributed by atoms with Gasteiger partial charge in [-0.25, -0.2) is 4.39 Å². The van der Waals surface area contributed by atoms with Crippen molar-refractivity contribution in [2.75, 3.05) is 33.3 Å². The molecule has 1 saturated heterocycles. The summed E-state index contributed by atoms with van der Waals surface area (Å²) in [5.74, 6) is 0.783. The van der Waals surface area contributed by atoms with Crippen molar-refractivity contribution in [2.45, 2.75) is 18.9 Å². The quantitative estimate of drug-likeness (QED) is 0.914. The monoisotopic (exact) mass is 336 g/mol. The fourth-order valence-electron chi connectivity index (χ4n) is 3.02. The van der Waals surface area contributed by atoms with E-state index in [1.807, 2.05) is 6.07 Å². The first-order valence-electron chi connectivity index (χ1n) is 7.08. The van der Waals surface area contributed by atoms with Gasteiger partial charge in [0.25, 0.3) is 0 Å². The molecule has 2 aliphatic rings. The highest BCUT2D eigenvalue weighted by Gasteiger charge is 2.36. The Kier molecular flexibility index (Phi) is 7.21. The molecule has 2 fully saturated rings. The van der Waals surface area contributed by atoms with Gasteiger partial charge in [-0.1, -0.05) is 6.07 Å². The first-order valence-corrected chi connectivity index (χ1v) is 7.08. The van der Waals surface area contributed by atoms with Gasteiger partial charge in [-0.15, -0.1) is 24.8 Å². The maximum absolute atomic E-state index is 13.9. The number of nitrogens with one attached hydrogen (secondary N) is 1. The number of methoxy groups -OCH3 is 1. The van der Waals surface area contributed by atoms with Gasteiger partial charge in [-0.2, -0.15) is 0 Å². The van der Waals surface area contributed by atoms with Crippen molar-refractivity contribution < 1.29 is 9.13 Å². The van der Waals surface area contributed by atoms with Crippen molar-refractivity contribution in [1.29, 1.82) is 0 Å². The fourth-order valence-corrected chi connectivity index (χ4v) is 3.02. The molecular formula is C15H23Cl2FN2O. The van der Waals surface area contributed by atoms with Crippen LogP contribution >= 0.6 is 24.8 Å². The highest BCUT2D eigenvalue weighted by molar-refractivity contribution is 5.85. The number of rotatable bonds is 4. The smallest absolute Gasteiger partial charge is 0.165 e. The molecule has 1 aromatic carbocycles. The molecule has 1 aliphatic carbocycles. The Morgan fingerprint density at radius 1 is 1.24 bits per heavy atom. The van der Waals surface area contributed by atoms with Gasteiger partial charge in [0.1, 0.15) is 0 Å². The molecule has 0 radical (unpaired) electrons. The number of hydrogen-bond acceptors (Lipinski definition) is 3. The minimum absolute atomic E-state index is 0. The summed E-state index contributed by atoms with van der Waals surface area (Å²) >= 11 is 0. The fraction of sp³-hybridized carbons (Fsp3) is 0.600. The van der Waals surface area contributed by atoms with E-state index >= 15 is 0 Å². The number of piperazine rings is 1. The first kappa shape index (κ1) is 18.5. The topological polar surface area (TPSA) is 24.5 Å². The number of ether oxygens (including phenoxy) is 1. The predicted molar refractivity (Wildman–Crippen MR) is 87.4 cm³/mol. The standard InChI is InChI=1S/C15H21FN2O.2ClH/c1-19-14-5-4-12(10-13(14)16)15(11-2-3-11)18-8-6-17-7-9-18;;/h4-5,10-11,15,17H,2-3,6-9H2,1H3;2*1H/t15-;;/m0../s1. The second-order valence-electron chi connectivity index (χ2n) is 5.46. The Labute approximate surface area is 138 Å². The molecule has 21 heavy (non-hydrogen) atoms. The molecule has 6 heteroatoms. The van der Waals surface area contributed by atoms with E-state index in [2.05, 4.69) is 10.2 Å². The van der Waals surface area contributed by atoms with Gasteiger partial charge in [0.15, 0.2) is 11.6 Å². The van der Waals surface area contributed by atoms with Gasteiger partial charge < -0.3 is 10.1 Å². The molecular weight excluding hydrogens is 314 g/mol. The largest absolute Gasteiger partial charge is 0.494 e. The van der Waals surface area contributed by atoms with E-state index in [-0.39, 0.29) is 30.6 Å². The van der Waals surface area contributed by atoms with Crippen molar-refractivity contribution in [3.8, 4) is 5.75 Å². The third-order valence-electron chi connectivity index (χ3n) is 4.13. The summed E-state index contributed by atoms with van der Waals surface area (Å²) in [5.41, 5.74) is 1.10. The molecule has 1 N–H and O–H groups in total. The molecule has 0 amide bonds. The summed E-state index contributed by atoms with van der Waals surface area (Å²) in [5, 5.41) is 3.37. The highest BCUT2D eigenvalue weighted by atomic mass is 35.5. The Morgan fingerprint density at radius 3 is 2.43 bits per heavy atom. The lowest BCUT2D eigenvalue weighted by atomic mass is 9.99. The van der Waals surface area contributed by atoms with Gasteiger partial charge >= 0.3 is 0 Å². The first-order chi connectivity index (χ1) is 9.29. The molecule has 0 unspecified atom stereocenters. The Bertz CT molecular complexity index is 451. The average Bonchev–Trinajstić information content (AvgIpc) is 3.25. The highest BCUT2D eigenvalue weighted by Crippen LogP contribution is 2.45. The zero-order valence-corrected chi connectivity index (χ0v) is 13.8. The molecule has 0 spiro atoms. The molecule has 1 saturated carbocycles. The zero-order valence-electron chi connectivity index (χ0n) is 12.2. The lowest BCUT2D eigenvalue weighted by Crippen LogP contribution is -2.45. The van der Waals surface area contributed by atoms with Crippen LogP contribution in [-0.4, -0.2) is 38.2 Å². The van der Waals surface area contributed by atoms with E-state index in [1.165, 1.54) is 20.0 Å². The van der Waals surface area contributed by atoms with Crippen molar-refractivity contribution >= 4 is 24.8 Å². The number of halogens is 3. The van der Waals surface area contributed by atoms with Crippen molar-refractivity contribution in [3.63, 3.8) is 0 Å². The summed E-state index contributed by atoms with van der Waals surface area (Å²) in [7, 11) is 1.51. The van der Waals surface area contributed by atoms with Crippen LogP contribution in [0.3, 0.4) is 0 Å². The van der Waals surface area contributed by atoms with E-state index in [0.717, 1.165) is 31.7 Å². The molecule has 3 rings (SSSR count). The predicted octanol–water partition coefficient (Wildman–Crippen LogP) is 3.03. The Balaban J connectivity index is 0.00000110. The van der Waals surface area contributed by atoms with Crippen LogP contribution < -0.4 is 10.1 Å². The Morgan fingerprint density at radius 2 is 1.90 bits per heavy atom. The molecule has 1 atom stereocenters. The maximum atomic E-state index is 13.9. The van der Waals surface area contributed by atoms with E-state index in [1.54, 1.807) is 12.1 Å². The second-order valence-corrected chi connectivity index (χ2v) is 5.46. The van der Waals surface area contributed by atoms with E-state index in [9.17, 15) is 4.39 Å². The summed E-state index contributed by atoms with van der Waals surface area (Å²) < 4.78 is 18.9. The van der Waals surface area contributed by atoms with Gasteiger partial charge in [0.05, 0.1) is 7.11 Å². The zero-order chi connectivity index (χ0) is 13.2. The summed E-state index contributed by atoms with van der Waals surface area (Å²) in [6.45, 7) is 4.16. The molecule has 1 aliphatic heterocycles. The van der Waals surface area contributed by atoms with Crippen molar-refractivity contribution in [3.05, 3.63) is 29.6 Å². The number of benzene rings is 1. The molecule has 0 aromatic heterocycles. The second kappa shape index (κ2) is 8.18. The molecule has 1 heterocycles. The van der Waals surface area contributed by atoms with E-state index < -0.39 is 0 Å². The van der Waals surface area contributed by atoms with Crippen molar-refractivity contribution in [1.82, 2.24) is 10.2 Å². The maximum Gasteiger partial charge on any atom is 0.165 e. The van der Waals surface area contributed by atoms with E-state index in [4.69, 9.17) is 4.74 Å². The van der Waals surface area contributed by atoms with Gasteiger partial charge in [-0.05, 0) is 36.5 Å². The van der Waals surface area contributed by atoms with E-state index in [0.29, 0.717) is 17.7 Å². The van der Waals surface area contributed by atoms with Crippen LogP contribution in [0.4, 0.5) is 4.39 Å². The molecule has 1 aromatic rings. The number of nitrogens with zero attached hydrogens (tertiary/aromatic N) is 1. The van der Waals surface area contributed by atoms with Crippen LogP contribution in [0.25, 0.3) is 0 Å². The van der Waals surface area contributed by atoms with Crippen LogP contribution in [0.1, 0.15) is 24.4 Å². The van der Waals surface area contributed by atoms with Crippen molar-refractivity contribution in [2.24, 2.45) is 5.92 Å². The summed E-state index contributed by atoms with van der Waals surface area (Å²) in [4.78, 5) is 2.50. The minimum Gasteiger partial charge on any atom is -0.494 e. The van der Waals surface area contributed by atoms with Crippen LogP contribution in [0.2, 0.25) is 0 Å². The lowest BCUT2D eigenvalue weighted by molar-refractivity contribution is 0.156. The van der Waals surface area contributed by atoms with Crippen LogP contribution in [0, 0.1) is 11.7 Å². The number of hydrogen-bond donors (Lipinski definition) is 1. The molecule has 120 valence electrons. The van der Waals surface area contributed by atoms with Gasteiger partial charge in [0.2, 0.25) is 0 Å².